The average Bonchev–Trinajstić information content (AvgIpc) is 2.92. The van der Waals surface area contributed by atoms with Crippen molar-refractivity contribution in [2.75, 3.05) is 7.11 Å². The highest BCUT2D eigenvalue weighted by Gasteiger charge is 2.25. The van der Waals surface area contributed by atoms with Crippen molar-refractivity contribution in [1.82, 2.24) is 0 Å². The van der Waals surface area contributed by atoms with Crippen molar-refractivity contribution in [3.63, 3.8) is 0 Å². The highest BCUT2D eigenvalue weighted by molar-refractivity contribution is 6.33. The molecular formula is C20H21ClO3. The second-order valence-electron chi connectivity index (χ2n) is 5.94. The molecule has 0 saturated carbocycles. The first-order valence-corrected chi connectivity index (χ1v) is 8.47. The third kappa shape index (κ3) is 2.79. The van der Waals surface area contributed by atoms with Crippen LogP contribution in [0, 0.1) is 6.92 Å². The number of furan rings is 1. The van der Waals surface area contributed by atoms with Crippen LogP contribution in [0.4, 0.5) is 0 Å². The molecule has 4 heteroatoms. The summed E-state index contributed by atoms with van der Waals surface area (Å²) in [5, 5.41) is 11.5. The SMILES string of the molecule is CCCc1cc(Cl)c(O)c2c(C)c(C(OC)c3ccccc3)oc12. The van der Waals surface area contributed by atoms with Crippen molar-refractivity contribution in [1.29, 1.82) is 0 Å². The number of methoxy groups -OCH3 is 1. The van der Waals surface area contributed by atoms with Gasteiger partial charge in [0.1, 0.15) is 23.2 Å². The van der Waals surface area contributed by atoms with Crippen molar-refractivity contribution in [2.45, 2.75) is 32.8 Å². The second-order valence-corrected chi connectivity index (χ2v) is 6.35. The minimum atomic E-state index is -0.328. The summed E-state index contributed by atoms with van der Waals surface area (Å²) in [5.74, 6) is 0.774. The van der Waals surface area contributed by atoms with E-state index in [1.54, 1.807) is 13.2 Å². The molecule has 3 rings (SSSR count). The maximum atomic E-state index is 10.4. The van der Waals surface area contributed by atoms with Crippen LogP contribution in [0.2, 0.25) is 5.02 Å². The van der Waals surface area contributed by atoms with Crippen molar-refractivity contribution in [3.8, 4) is 5.75 Å². The molecule has 126 valence electrons. The van der Waals surface area contributed by atoms with Crippen LogP contribution in [0.5, 0.6) is 5.75 Å². The van der Waals surface area contributed by atoms with E-state index in [2.05, 4.69) is 6.92 Å². The molecule has 3 aromatic rings. The monoisotopic (exact) mass is 344 g/mol. The molecule has 0 aliphatic carbocycles. The number of hydrogen-bond acceptors (Lipinski definition) is 3. The number of ether oxygens (including phenoxy) is 1. The van der Waals surface area contributed by atoms with Crippen LogP contribution in [-0.4, -0.2) is 12.2 Å². The summed E-state index contributed by atoms with van der Waals surface area (Å²) in [6, 6.07) is 11.7. The van der Waals surface area contributed by atoms with Crippen LogP contribution in [0.1, 0.15) is 41.9 Å². The zero-order valence-electron chi connectivity index (χ0n) is 14.1. The van der Waals surface area contributed by atoms with Gasteiger partial charge in [-0.05, 0) is 30.5 Å². The highest BCUT2D eigenvalue weighted by atomic mass is 35.5. The number of aryl methyl sites for hydroxylation is 2. The summed E-state index contributed by atoms with van der Waals surface area (Å²) >= 11 is 6.22. The number of phenols is 1. The van der Waals surface area contributed by atoms with Gasteiger partial charge >= 0.3 is 0 Å². The Morgan fingerprint density at radius 2 is 1.96 bits per heavy atom. The van der Waals surface area contributed by atoms with Crippen molar-refractivity contribution in [3.05, 3.63) is 63.9 Å². The summed E-state index contributed by atoms with van der Waals surface area (Å²) in [6.07, 6.45) is 1.48. The Hall–Kier alpha value is -1.97. The van der Waals surface area contributed by atoms with Crippen LogP contribution in [-0.2, 0) is 11.2 Å². The molecule has 3 nitrogen and oxygen atoms in total. The molecule has 0 fully saturated rings. The maximum Gasteiger partial charge on any atom is 0.145 e. The predicted molar refractivity (Wildman–Crippen MR) is 96.9 cm³/mol. The Balaban J connectivity index is 2.24. The predicted octanol–water partition coefficient (Wildman–Crippen LogP) is 5.79. The van der Waals surface area contributed by atoms with E-state index in [0.29, 0.717) is 21.8 Å². The van der Waals surface area contributed by atoms with E-state index < -0.39 is 0 Å². The first-order chi connectivity index (χ1) is 11.6. The largest absolute Gasteiger partial charge is 0.506 e. The van der Waals surface area contributed by atoms with Gasteiger partial charge in [-0.3, -0.25) is 0 Å². The lowest BCUT2D eigenvalue weighted by molar-refractivity contribution is 0.117. The number of fused-ring (bicyclic) bond motifs is 1. The topological polar surface area (TPSA) is 42.6 Å². The number of hydrogen-bond donors (Lipinski definition) is 1. The van der Waals surface area contributed by atoms with Gasteiger partial charge in [0.25, 0.3) is 0 Å². The Labute approximate surface area is 146 Å². The summed E-state index contributed by atoms with van der Waals surface area (Å²) in [4.78, 5) is 0. The number of benzene rings is 2. The van der Waals surface area contributed by atoms with Gasteiger partial charge in [-0.15, -0.1) is 0 Å². The number of phenolic OH excluding ortho intramolecular Hbond substituents is 1. The first kappa shape index (κ1) is 16.9. The zero-order chi connectivity index (χ0) is 17.3. The van der Waals surface area contributed by atoms with E-state index >= 15 is 0 Å². The van der Waals surface area contributed by atoms with E-state index in [1.165, 1.54) is 0 Å². The number of aromatic hydroxyl groups is 1. The summed E-state index contributed by atoms with van der Waals surface area (Å²) in [5.41, 5.74) is 3.57. The van der Waals surface area contributed by atoms with Crippen molar-refractivity contribution >= 4 is 22.6 Å². The maximum absolute atomic E-state index is 10.4. The Bertz CT molecular complexity index is 852. The normalized spacial score (nSPS) is 12.7. The fourth-order valence-electron chi connectivity index (χ4n) is 3.18. The van der Waals surface area contributed by atoms with Gasteiger partial charge in [0.15, 0.2) is 0 Å². The molecule has 24 heavy (non-hydrogen) atoms. The van der Waals surface area contributed by atoms with Gasteiger partial charge in [0.05, 0.1) is 10.4 Å². The molecule has 1 heterocycles. The van der Waals surface area contributed by atoms with Gasteiger partial charge in [0, 0.05) is 12.7 Å². The molecule has 1 aromatic heterocycles. The molecule has 0 saturated heterocycles. The lowest BCUT2D eigenvalue weighted by Crippen LogP contribution is -2.03. The van der Waals surface area contributed by atoms with Gasteiger partial charge in [-0.2, -0.15) is 0 Å². The fourth-order valence-corrected chi connectivity index (χ4v) is 3.40. The molecule has 0 aliphatic heterocycles. The molecule has 2 aromatic carbocycles. The first-order valence-electron chi connectivity index (χ1n) is 8.09. The van der Waals surface area contributed by atoms with E-state index in [9.17, 15) is 5.11 Å². The lowest BCUT2D eigenvalue weighted by atomic mass is 10.0. The van der Waals surface area contributed by atoms with E-state index in [-0.39, 0.29) is 11.9 Å². The lowest BCUT2D eigenvalue weighted by Gasteiger charge is -2.14. The van der Waals surface area contributed by atoms with Gasteiger partial charge in [0.2, 0.25) is 0 Å². The van der Waals surface area contributed by atoms with E-state index in [1.807, 2.05) is 37.3 Å². The minimum absolute atomic E-state index is 0.0712. The molecule has 1 atom stereocenters. The third-order valence-corrected chi connectivity index (χ3v) is 4.62. The van der Waals surface area contributed by atoms with Crippen molar-refractivity contribution in [2.24, 2.45) is 0 Å². The fraction of sp³-hybridized carbons (Fsp3) is 0.300. The van der Waals surface area contributed by atoms with Crippen LogP contribution in [0.25, 0.3) is 11.0 Å². The molecule has 1 unspecified atom stereocenters. The summed E-state index contributed by atoms with van der Waals surface area (Å²) < 4.78 is 11.9. The smallest absolute Gasteiger partial charge is 0.145 e. The Kier molecular flexibility index (Phi) is 4.83. The quantitative estimate of drug-likeness (QED) is 0.637. The Morgan fingerprint density at radius 3 is 2.58 bits per heavy atom. The van der Waals surface area contributed by atoms with Gasteiger partial charge < -0.3 is 14.3 Å². The molecule has 0 bridgehead atoms. The van der Waals surface area contributed by atoms with Crippen LogP contribution < -0.4 is 0 Å². The van der Waals surface area contributed by atoms with E-state index in [0.717, 1.165) is 29.5 Å². The standard InChI is InChI=1S/C20H21ClO3/c1-4-8-14-11-15(21)17(22)16-12(2)18(24-19(14)16)20(23-3)13-9-6-5-7-10-13/h5-7,9-11,20,22H,4,8H2,1-3H3. The number of halogens is 1. The van der Waals surface area contributed by atoms with Crippen molar-refractivity contribution < 1.29 is 14.3 Å². The minimum Gasteiger partial charge on any atom is -0.506 e. The molecule has 0 spiro atoms. The molecular weight excluding hydrogens is 324 g/mol. The van der Waals surface area contributed by atoms with Crippen LogP contribution in [0.15, 0.2) is 40.8 Å². The summed E-state index contributed by atoms with van der Waals surface area (Å²) in [7, 11) is 1.66. The van der Waals surface area contributed by atoms with Crippen LogP contribution >= 0.6 is 11.6 Å². The summed E-state index contributed by atoms with van der Waals surface area (Å²) in [6.45, 7) is 4.03. The van der Waals surface area contributed by atoms with Gasteiger partial charge in [-0.25, -0.2) is 0 Å². The van der Waals surface area contributed by atoms with Gasteiger partial charge in [-0.1, -0.05) is 55.3 Å². The second kappa shape index (κ2) is 6.88. The molecule has 0 aliphatic rings. The zero-order valence-corrected chi connectivity index (χ0v) is 14.9. The average molecular weight is 345 g/mol. The Morgan fingerprint density at radius 1 is 1.25 bits per heavy atom. The molecule has 0 amide bonds. The third-order valence-electron chi connectivity index (χ3n) is 4.33. The van der Waals surface area contributed by atoms with Crippen LogP contribution in [0.3, 0.4) is 0 Å². The highest BCUT2D eigenvalue weighted by Crippen LogP contribution is 2.43. The molecule has 1 N–H and O–H groups in total. The number of rotatable bonds is 5. The molecule has 0 radical (unpaired) electrons. The van der Waals surface area contributed by atoms with E-state index in [4.69, 9.17) is 20.8 Å².